The number of ether oxygens (including phenoxy) is 1. The van der Waals surface area contributed by atoms with Crippen LogP contribution >= 0.6 is 24.0 Å². The van der Waals surface area contributed by atoms with Crippen LogP contribution in [0.15, 0.2) is 24.3 Å². The van der Waals surface area contributed by atoms with E-state index in [9.17, 15) is 0 Å². The molecule has 1 saturated heterocycles. The van der Waals surface area contributed by atoms with E-state index in [1.807, 2.05) is 12.1 Å². The number of anilines is 1. The molecule has 1 heterocycles. The second-order valence-corrected chi connectivity index (χ2v) is 5.31. The van der Waals surface area contributed by atoms with Crippen molar-refractivity contribution in [2.24, 2.45) is 0 Å². The summed E-state index contributed by atoms with van der Waals surface area (Å²) in [4.78, 5) is 2.45. The van der Waals surface area contributed by atoms with Gasteiger partial charge in [0, 0.05) is 6.54 Å². The van der Waals surface area contributed by atoms with Gasteiger partial charge in [0.15, 0.2) is 0 Å². The van der Waals surface area contributed by atoms with Crippen molar-refractivity contribution in [2.75, 3.05) is 18.1 Å². The summed E-state index contributed by atoms with van der Waals surface area (Å²) in [5.74, 6) is 0. The molecule has 1 aliphatic heterocycles. The van der Waals surface area contributed by atoms with Gasteiger partial charge in [0.25, 0.3) is 0 Å². The Balaban J connectivity index is 0.00000120. The van der Waals surface area contributed by atoms with Crippen LogP contribution in [0, 0.1) is 0 Å². The highest BCUT2D eigenvalue weighted by molar-refractivity contribution is 6.33. The fraction of sp³-hybridized carbons (Fsp3) is 0.571. The number of para-hydroxylation sites is 1. The summed E-state index contributed by atoms with van der Waals surface area (Å²) in [5.41, 5.74) is 1.18. The average Bonchev–Trinajstić information content (AvgIpc) is 2.39. The van der Waals surface area contributed by atoms with Gasteiger partial charge < -0.3 is 9.64 Å². The molecule has 3 rings (SSSR count). The molecule has 2 aliphatic rings. The third-order valence-electron chi connectivity index (χ3n) is 3.89. The summed E-state index contributed by atoms with van der Waals surface area (Å²) in [6.45, 7) is 1.79. The maximum absolute atomic E-state index is 6.31. The smallest absolute Gasteiger partial charge is 0.0779 e. The largest absolute Gasteiger partial charge is 0.374 e. The van der Waals surface area contributed by atoms with Gasteiger partial charge in [-0.15, -0.1) is 12.4 Å². The van der Waals surface area contributed by atoms with E-state index in [-0.39, 0.29) is 12.4 Å². The summed E-state index contributed by atoms with van der Waals surface area (Å²) >= 11 is 6.31. The summed E-state index contributed by atoms with van der Waals surface area (Å²) < 4.78 is 5.89. The number of morpholine rings is 1. The van der Waals surface area contributed by atoms with Crippen LogP contribution in [0.25, 0.3) is 0 Å². The molecular formula is C14H19Cl2NO. The Kier molecular flexibility index (Phi) is 4.77. The van der Waals surface area contributed by atoms with E-state index >= 15 is 0 Å². The molecule has 2 nitrogen and oxygen atoms in total. The quantitative estimate of drug-likeness (QED) is 0.777. The highest BCUT2D eigenvalue weighted by atomic mass is 35.5. The summed E-state index contributed by atoms with van der Waals surface area (Å²) in [5, 5.41) is 0.860. The van der Waals surface area contributed by atoms with E-state index in [1.54, 1.807) is 0 Å². The van der Waals surface area contributed by atoms with Crippen LogP contribution in [-0.4, -0.2) is 25.3 Å². The number of halogens is 2. The van der Waals surface area contributed by atoms with E-state index in [0.717, 1.165) is 18.2 Å². The first-order valence-corrected chi connectivity index (χ1v) is 6.87. The Morgan fingerprint density at radius 2 is 1.94 bits per heavy atom. The van der Waals surface area contributed by atoms with Crippen LogP contribution < -0.4 is 4.90 Å². The molecule has 0 N–H and O–H groups in total. The standard InChI is InChI=1S/C14H18ClNO.ClH/c15-11-5-1-2-6-12(11)16-9-10-17-14-8-4-3-7-13(14)16;/h1-2,5-6,13-14H,3-4,7-10H2;1H/t13-,14-;/m1./s1. The molecule has 0 amide bonds. The summed E-state index contributed by atoms with van der Waals surface area (Å²) in [6, 6.07) is 8.68. The molecule has 1 aromatic rings. The van der Waals surface area contributed by atoms with Crippen molar-refractivity contribution in [2.45, 2.75) is 37.8 Å². The molecule has 0 unspecified atom stereocenters. The second-order valence-electron chi connectivity index (χ2n) is 4.91. The minimum Gasteiger partial charge on any atom is -0.374 e. The lowest BCUT2D eigenvalue weighted by Crippen LogP contribution is -2.52. The Bertz CT molecular complexity index is 397. The topological polar surface area (TPSA) is 12.5 Å². The maximum atomic E-state index is 6.31. The Hall–Kier alpha value is -0.440. The molecule has 0 bridgehead atoms. The molecule has 0 radical (unpaired) electrons. The third kappa shape index (κ3) is 2.61. The van der Waals surface area contributed by atoms with Gasteiger partial charge in [-0.3, -0.25) is 0 Å². The van der Waals surface area contributed by atoms with Crippen molar-refractivity contribution in [1.82, 2.24) is 0 Å². The number of hydrogen-bond donors (Lipinski definition) is 0. The van der Waals surface area contributed by atoms with Crippen LogP contribution in [0.2, 0.25) is 5.02 Å². The Labute approximate surface area is 120 Å². The van der Waals surface area contributed by atoms with Gasteiger partial charge >= 0.3 is 0 Å². The predicted molar refractivity (Wildman–Crippen MR) is 78.0 cm³/mol. The lowest BCUT2D eigenvalue weighted by molar-refractivity contribution is -0.00866. The Morgan fingerprint density at radius 1 is 1.17 bits per heavy atom. The number of hydrogen-bond acceptors (Lipinski definition) is 2. The normalized spacial score (nSPS) is 27.3. The van der Waals surface area contributed by atoms with Crippen molar-refractivity contribution in [3.8, 4) is 0 Å². The summed E-state index contributed by atoms with van der Waals surface area (Å²) in [7, 11) is 0. The first-order valence-electron chi connectivity index (χ1n) is 6.49. The van der Waals surface area contributed by atoms with Crippen molar-refractivity contribution in [1.29, 1.82) is 0 Å². The van der Waals surface area contributed by atoms with E-state index in [4.69, 9.17) is 16.3 Å². The predicted octanol–water partition coefficient (Wildman–Crippen LogP) is 3.91. The number of rotatable bonds is 1. The molecule has 100 valence electrons. The fourth-order valence-electron chi connectivity index (χ4n) is 3.08. The zero-order chi connectivity index (χ0) is 11.7. The number of nitrogens with zero attached hydrogens (tertiary/aromatic N) is 1. The van der Waals surface area contributed by atoms with Gasteiger partial charge in [-0.25, -0.2) is 0 Å². The Morgan fingerprint density at radius 3 is 2.78 bits per heavy atom. The van der Waals surface area contributed by atoms with Gasteiger partial charge in [0.05, 0.1) is 29.5 Å². The van der Waals surface area contributed by atoms with Gasteiger partial charge in [-0.1, -0.05) is 36.6 Å². The molecule has 4 heteroatoms. The zero-order valence-corrected chi connectivity index (χ0v) is 11.9. The number of benzene rings is 1. The second kappa shape index (κ2) is 6.14. The van der Waals surface area contributed by atoms with Gasteiger partial charge in [0.2, 0.25) is 0 Å². The van der Waals surface area contributed by atoms with E-state index in [2.05, 4.69) is 17.0 Å². The van der Waals surface area contributed by atoms with Crippen LogP contribution in [0.4, 0.5) is 5.69 Å². The number of fused-ring (bicyclic) bond motifs is 1. The molecular weight excluding hydrogens is 269 g/mol. The molecule has 0 spiro atoms. The van der Waals surface area contributed by atoms with Crippen LogP contribution in [-0.2, 0) is 4.74 Å². The minimum atomic E-state index is 0. The van der Waals surface area contributed by atoms with E-state index in [1.165, 1.54) is 31.4 Å². The SMILES string of the molecule is Cl.Clc1ccccc1N1CCO[C@@H]2CCCC[C@H]21. The molecule has 1 aliphatic carbocycles. The fourth-order valence-corrected chi connectivity index (χ4v) is 3.32. The molecule has 2 atom stereocenters. The van der Waals surface area contributed by atoms with Crippen LogP contribution in [0.1, 0.15) is 25.7 Å². The monoisotopic (exact) mass is 287 g/mol. The van der Waals surface area contributed by atoms with Crippen LogP contribution in [0.5, 0.6) is 0 Å². The minimum absolute atomic E-state index is 0. The first kappa shape index (κ1) is 14.0. The molecule has 18 heavy (non-hydrogen) atoms. The lowest BCUT2D eigenvalue weighted by atomic mass is 9.90. The van der Waals surface area contributed by atoms with Gasteiger partial charge in [-0.2, -0.15) is 0 Å². The van der Waals surface area contributed by atoms with Gasteiger partial charge in [-0.05, 0) is 25.0 Å². The molecule has 1 aromatic carbocycles. The molecule has 1 saturated carbocycles. The average molecular weight is 288 g/mol. The summed E-state index contributed by atoms with van der Waals surface area (Å²) in [6.07, 6.45) is 5.46. The first-order chi connectivity index (χ1) is 8.36. The van der Waals surface area contributed by atoms with Crippen molar-refractivity contribution in [3.05, 3.63) is 29.3 Å². The molecule has 2 fully saturated rings. The van der Waals surface area contributed by atoms with E-state index in [0.29, 0.717) is 12.1 Å². The van der Waals surface area contributed by atoms with Crippen LogP contribution in [0.3, 0.4) is 0 Å². The highest BCUT2D eigenvalue weighted by Gasteiger charge is 2.34. The maximum Gasteiger partial charge on any atom is 0.0779 e. The van der Waals surface area contributed by atoms with Crippen molar-refractivity contribution >= 4 is 29.7 Å². The highest BCUT2D eigenvalue weighted by Crippen LogP contribution is 2.35. The van der Waals surface area contributed by atoms with E-state index < -0.39 is 0 Å². The van der Waals surface area contributed by atoms with Crippen molar-refractivity contribution in [3.63, 3.8) is 0 Å². The van der Waals surface area contributed by atoms with Gasteiger partial charge in [0.1, 0.15) is 0 Å². The zero-order valence-electron chi connectivity index (χ0n) is 10.3. The molecule has 0 aromatic heterocycles. The van der Waals surface area contributed by atoms with Crippen molar-refractivity contribution < 1.29 is 4.74 Å². The third-order valence-corrected chi connectivity index (χ3v) is 4.21. The lowest BCUT2D eigenvalue weighted by Gasteiger charge is -2.45.